The van der Waals surface area contributed by atoms with E-state index in [4.69, 9.17) is 56.8 Å². The minimum Gasteiger partial charge on any atom is -0.507 e. The molecule has 24 nitrogen and oxygen atoms in total. The number of benzene rings is 2. The summed E-state index contributed by atoms with van der Waals surface area (Å²) in [7, 11) is 7.50. The van der Waals surface area contributed by atoms with Crippen LogP contribution in [-0.4, -0.2) is 225 Å². The molecule has 0 spiro atoms. The number of ether oxygens (including phenoxy) is 12. The lowest BCUT2D eigenvalue weighted by atomic mass is 9.70. The molecule has 8 aliphatic rings. The molecule has 8 N–H and O–H groups in total. The predicted octanol–water partition coefficient (Wildman–Crippen LogP) is 4.41. The van der Waals surface area contributed by atoms with Crippen LogP contribution in [0.15, 0.2) is 12.1 Å². The van der Waals surface area contributed by atoms with Crippen LogP contribution in [0.3, 0.4) is 0 Å². The number of aliphatic hydroxyl groups is 4. The van der Waals surface area contributed by atoms with Crippen LogP contribution in [0.2, 0.25) is 0 Å². The Labute approximate surface area is 490 Å². The van der Waals surface area contributed by atoms with Gasteiger partial charge < -0.3 is 107 Å². The van der Waals surface area contributed by atoms with Gasteiger partial charge in [-0.25, -0.2) is 0 Å². The molecule has 24 heteroatoms. The largest absolute Gasteiger partial charge is 0.507 e. The molecule has 0 amide bonds. The standard InChI is InChI=1S/C60H88N2O22/c1-12-60(72)24-39(80-43-21-31(61(8)9)57(29(6)76-43)83-45-23-37(67)58(30(7)78-45)82-41-19-16-34(64)26(3)74-41)48-51(55(71)50-49(54(48)70)52(68)46-35(65)13-14-36(66)47(46)53(50)69)59(60)84-44-22-32(62(10)11)56(28(5)77-44)81-42-20-17-38(27(4)75-42)79-40-18-15-33(63)25(2)73-40/h13-14,25-34,37-45,56-59,63-67,70-72H,12,15-24H2,1-11H3/t25-,26-,27-,28-,29-,30-,31-,32-,33-,34-,37-,38-,39-,40-,41-,42-,43-,44-,45-,56+,57+,58+,59+,60+/m0/s1. The molecule has 470 valence electrons. The Morgan fingerprint density at radius 1 is 0.488 bits per heavy atom. The van der Waals surface area contributed by atoms with Crippen molar-refractivity contribution in [3.05, 3.63) is 45.5 Å². The number of ketones is 2. The van der Waals surface area contributed by atoms with Crippen molar-refractivity contribution < 1.29 is 107 Å². The quantitative estimate of drug-likeness (QED) is 0.0978. The molecule has 0 bridgehead atoms. The molecule has 0 unspecified atom stereocenters. The monoisotopic (exact) mass is 1190 g/mol. The topological polar surface area (TPSA) is 313 Å². The number of carbonyl (C=O) groups excluding carboxylic acids is 2. The second-order valence-electron chi connectivity index (χ2n) is 24.9. The second kappa shape index (κ2) is 25.4. The van der Waals surface area contributed by atoms with E-state index in [1.165, 1.54) is 0 Å². The highest BCUT2D eigenvalue weighted by atomic mass is 16.8. The van der Waals surface area contributed by atoms with Gasteiger partial charge in [0.2, 0.25) is 11.6 Å². The van der Waals surface area contributed by atoms with Crippen LogP contribution in [0, 0.1) is 0 Å². The maximum absolute atomic E-state index is 14.6. The SMILES string of the molecule is CC[C@@]1(O)C[C@H](O[C@H]2C[C@H](N(C)C)[C@H](O[C@H]3C[C@H](O)[C@H](O[C@H]4CC[C@H](O)[C@H](C)O4)[C@H](C)O3)[C@H](C)O2)c2c(O)c3c(c(O)c2[C@H]1O[C@H]1C[C@H](N(C)C)[C@H](O[C@H]2CC[C@H](O[C@H]4CC[C@H](O)[C@H](C)O4)[C@H](C)O2)[C@H](C)O1)C(=O)c1c(O)ccc(O)c1C3=O. The van der Waals surface area contributed by atoms with Gasteiger partial charge in [-0.1, -0.05) is 6.92 Å². The average molecular weight is 1190 g/mol. The first-order valence-corrected chi connectivity index (χ1v) is 30.0. The van der Waals surface area contributed by atoms with Crippen LogP contribution in [-0.2, 0) is 56.8 Å². The van der Waals surface area contributed by atoms with Crippen molar-refractivity contribution in [2.24, 2.45) is 0 Å². The van der Waals surface area contributed by atoms with Gasteiger partial charge in [0, 0.05) is 68.2 Å². The fourth-order valence-corrected chi connectivity index (χ4v) is 13.8. The fourth-order valence-electron chi connectivity index (χ4n) is 13.8. The number of fused-ring (bicyclic) bond motifs is 3. The van der Waals surface area contributed by atoms with Crippen molar-refractivity contribution in [1.82, 2.24) is 9.80 Å². The van der Waals surface area contributed by atoms with Crippen LogP contribution in [0.5, 0.6) is 23.0 Å². The zero-order valence-corrected chi connectivity index (χ0v) is 49.9. The zero-order valence-electron chi connectivity index (χ0n) is 49.9. The van der Waals surface area contributed by atoms with Crippen LogP contribution in [0.4, 0.5) is 0 Å². The lowest BCUT2D eigenvalue weighted by Crippen LogP contribution is -2.58. The number of nitrogens with zero attached hydrogens (tertiary/aromatic N) is 2. The lowest BCUT2D eigenvalue weighted by molar-refractivity contribution is -0.330. The highest BCUT2D eigenvalue weighted by molar-refractivity contribution is 6.32. The molecule has 6 heterocycles. The fraction of sp³-hybridized carbons (Fsp3) is 0.767. The number of hydrogen-bond acceptors (Lipinski definition) is 24. The van der Waals surface area contributed by atoms with Gasteiger partial charge in [0.25, 0.3) is 0 Å². The van der Waals surface area contributed by atoms with Crippen molar-refractivity contribution in [3.8, 4) is 23.0 Å². The third-order valence-electron chi connectivity index (χ3n) is 18.7. The van der Waals surface area contributed by atoms with Crippen LogP contribution in [0.25, 0.3) is 0 Å². The van der Waals surface area contributed by atoms with E-state index in [2.05, 4.69) is 0 Å². The van der Waals surface area contributed by atoms with Gasteiger partial charge in [-0.2, -0.15) is 0 Å². The summed E-state index contributed by atoms with van der Waals surface area (Å²) < 4.78 is 77.2. The molecule has 24 atom stereocenters. The Balaban J connectivity index is 0.898. The minimum absolute atomic E-state index is 0.0227. The molecule has 6 aliphatic heterocycles. The molecule has 6 fully saturated rings. The molecule has 2 aliphatic carbocycles. The first-order chi connectivity index (χ1) is 39.8. The molecule has 6 saturated heterocycles. The molecule has 84 heavy (non-hydrogen) atoms. The van der Waals surface area contributed by atoms with E-state index in [0.717, 1.165) is 12.1 Å². The van der Waals surface area contributed by atoms with E-state index in [-0.39, 0.29) is 67.6 Å². The zero-order chi connectivity index (χ0) is 60.5. The van der Waals surface area contributed by atoms with Crippen molar-refractivity contribution in [1.29, 1.82) is 0 Å². The highest BCUT2D eigenvalue weighted by Gasteiger charge is 2.56. The smallest absolute Gasteiger partial charge is 0.202 e. The summed E-state index contributed by atoms with van der Waals surface area (Å²) in [5, 5.41) is 92.1. The van der Waals surface area contributed by atoms with Gasteiger partial charge in [0.15, 0.2) is 37.7 Å². The Hall–Kier alpha value is -3.74. The van der Waals surface area contributed by atoms with Gasteiger partial charge in [-0.15, -0.1) is 0 Å². The second-order valence-corrected chi connectivity index (χ2v) is 24.9. The summed E-state index contributed by atoms with van der Waals surface area (Å²) in [4.78, 5) is 33.1. The number of hydrogen-bond donors (Lipinski definition) is 8. The van der Waals surface area contributed by atoms with E-state index >= 15 is 0 Å². The number of carbonyl (C=O) groups is 2. The Bertz CT molecular complexity index is 2670. The Morgan fingerprint density at radius 2 is 0.905 bits per heavy atom. The van der Waals surface area contributed by atoms with Crippen molar-refractivity contribution >= 4 is 11.6 Å². The van der Waals surface area contributed by atoms with Crippen molar-refractivity contribution in [2.45, 2.75) is 266 Å². The van der Waals surface area contributed by atoms with Gasteiger partial charge in [-0.05, 0) is 108 Å². The van der Waals surface area contributed by atoms with E-state index in [0.29, 0.717) is 38.5 Å². The number of phenolic OH excluding ortho intramolecular Hbond substituents is 4. The van der Waals surface area contributed by atoms with Crippen molar-refractivity contribution in [3.63, 3.8) is 0 Å². The number of likely N-dealkylation sites (N-methyl/N-ethyl adjacent to an activating group) is 2. The lowest BCUT2D eigenvalue weighted by Gasteiger charge is -2.50. The summed E-state index contributed by atoms with van der Waals surface area (Å²) in [6, 6.07) is 1.30. The molecule has 2 aromatic rings. The summed E-state index contributed by atoms with van der Waals surface area (Å²) in [6.45, 7) is 12.6. The number of aliphatic hydroxyl groups excluding tert-OH is 3. The Morgan fingerprint density at radius 3 is 1.38 bits per heavy atom. The number of aromatic hydroxyl groups is 4. The first kappa shape index (κ1) is 63.3. The third kappa shape index (κ3) is 12.4. The summed E-state index contributed by atoms with van der Waals surface area (Å²) in [5.74, 6) is -4.99. The first-order valence-electron chi connectivity index (χ1n) is 30.0. The Kier molecular flexibility index (Phi) is 19.1. The van der Waals surface area contributed by atoms with Gasteiger partial charge in [0.05, 0.1) is 95.0 Å². The summed E-state index contributed by atoms with van der Waals surface area (Å²) >= 11 is 0. The summed E-state index contributed by atoms with van der Waals surface area (Å²) in [5.41, 5.74) is -4.81. The van der Waals surface area contributed by atoms with Crippen LogP contribution in [0.1, 0.15) is 174 Å². The van der Waals surface area contributed by atoms with E-state index in [9.17, 15) is 50.4 Å². The minimum atomic E-state index is -1.93. The third-order valence-corrected chi connectivity index (χ3v) is 18.7. The normalized spacial score (nSPS) is 41.9. The molecular formula is C60H88N2O22. The molecular weight excluding hydrogens is 1100 g/mol. The predicted molar refractivity (Wildman–Crippen MR) is 294 cm³/mol. The maximum Gasteiger partial charge on any atom is 0.202 e. The molecule has 0 radical (unpaired) electrons. The maximum atomic E-state index is 14.6. The number of rotatable bonds is 15. The van der Waals surface area contributed by atoms with Crippen molar-refractivity contribution in [2.75, 3.05) is 28.2 Å². The molecule has 2 aromatic carbocycles. The van der Waals surface area contributed by atoms with Gasteiger partial charge >= 0.3 is 0 Å². The molecule has 0 saturated carbocycles. The highest BCUT2D eigenvalue weighted by Crippen LogP contribution is 2.59. The van der Waals surface area contributed by atoms with Gasteiger partial charge in [-0.3, -0.25) is 9.59 Å². The molecule has 0 aromatic heterocycles. The van der Waals surface area contributed by atoms with Crippen LogP contribution < -0.4 is 0 Å². The van der Waals surface area contributed by atoms with Crippen LogP contribution >= 0.6 is 0 Å². The van der Waals surface area contributed by atoms with E-state index < -0.39 is 179 Å². The van der Waals surface area contributed by atoms with E-state index in [1.807, 2.05) is 58.8 Å². The van der Waals surface area contributed by atoms with E-state index in [1.54, 1.807) is 27.7 Å². The van der Waals surface area contributed by atoms with Gasteiger partial charge in [0.1, 0.15) is 47.4 Å². The summed E-state index contributed by atoms with van der Waals surface area (Å²) in [6.07, 6.45) is -11.6. The molecule has 10 rings (SSSR count). The number of phenols is 4. The average Bonchev–Trinajstić information content (AvgIpc) is 0.735.